The molecule has 1 amide bonds. The second kappa shape index (κ2) is 8.72. The van der Waals surface area contributed by atoms with Crippen LogP contribution in [0.25, 0.3) is 0 Å². The largest absolute Gasteiger partial charge is 0.480 e. The zero-order valence-corrected chi connectivity index (χ0v) is 13.3. The average Bonchev–Trinajstić information content (AvgIpc) is 2.44. The van der Waals surface area contributed by atoms with Crippen LogP contribution in [0, 0.1) is 11.8 Å². The summed E-state index contributed by atoms with van der Waals surface area (Å²) in [7, 11) is 0. The number of hydrogen-bond donors (Lipinski definition) is 3. The van der Waals surface area contributed by atoms with Gasteiger partial charge < -0.3 is 10.4 Å². The van der Waals surface area contributed by atoms with E-state index in [0.29, 0.717) is 18.6 Å². The van der Waals surface area contributed by atoms with E-state index in [0.717, 1.165) is 5.56 Å². The van der Waals surface area contributed by atoms with Crippen molar-refractivity contribution in [3.63, 3.8) is 0 Å². The molecule has 0 saturated carbocycles. The number of rotatable bonds is 8. The molecule has 21 heavy (non-hydrogen) atoms. The standard InChI is InChI=1S/C16H23NO3S/c1-11(2)8-14(16(19)20)17-15(18)13(10-21)9-12-6-4-3-5-7-12/h3-7,11,13-14,21H,8-10H2,1-2H3,(H,17,18)(H,19,20)/t13?,14-/m1/s1. The first-order chi connectivity index (χ1) is 9.93. The molecular weight excluding hydrogens is 286 g/mol. The third-order valence-electron chi connectivity index (χ3n) is 3.24. The van der Waals surface area contributed by atoms with Gasteiger partial charge in [-0.25, -0.2) is 4.79 Å². The second-order valence-corrected chi connectivity index (χ2v) is 5.96. The maximum Gasteiger partial charge on any atom is 0.326 e. The van der Waals surface area contributed by atoms with Gasteiger partial charge in [-0.15, -0.1) is 0 Å². The Kier molecular flexibility index (Phi) is 7.29. The lowest BCUT2D eigenvalue weighted by Crippen LogP contribution is -2.45. The summed E-state index contributed by atoms with van der Waals surface area (Å²) in [5.41, 5.74) is 1.04. The van der Waals surface area contributed by atoms with E-state index >= 15 is 0 Å². The quantitative estimate of drug-likeness (QED) is 0.646. The van der Waals surface area contributed by atoms with Crippen molar-refractivity contribution in [3.05, 3.63) is 35.9 Å². The van der Waals surface area contributed by atoms with Crippen LogP contribution in [0.4, 0.5) is 0 Å². The molecule has 4 nitrogen and oxygen atoms in total. The fourth-order valence-electron chi connectivity index (χ4n) is 2.12. The molecule has 0 heterocycles. The third-order valence-corrected chi connectivity index (χ3v) is 3.68. The molecule has 0 aliphatic heterocycles. The van der Waals surface area contributed by atoms with Gasteiger partial charge >= 0.3 is 5.97 Å². The van der Waals surface area contributed by atoms with Crippen LogP contribution in [0.1, 0.15) is 25.8 Å². The predicted molar refractivity (Wildman–Crippen MR) is 86.5 cm³/mol. The first-order valence-corrected chi connectivity index (χ1v) is 7.75. The number of hydrogen-bond acceptors (Lipinski definition) is 3. The highest BCUT2D eigenvalue weighted by molar-refractivity contribution is 7.80. The fraction of sp³-hybridized carbons (Fsp3) is 0.500. The Bertz CT molecular complexity index is 462. The van der Waals surface area contributed by atoms with Crippen LogP contribution < -0.4 is 5.32 Å². The first-order valence-electron chi connectivity index (χ1n) is 7.12. The average molecular weight is 309 g/mol. The Balaban J connectivity index is 2.67. The summed E-state index contributed by atoms with van der Waals surface area (Å²) in [6, 6.07) is 8.82. The van der Waals surface area contributed by atoms with Crippen LogP contribution in [-0.2, 0) is 16.0 Å². The SMILES string of the molecule is CC(C)C[C@@H](NC(=O)C(CS)Cc1ccccc1)C(=O)O. The fourth-order valence-corrected chi connectivity index (χ4v) is 2.42. The summed E-state index contributed by atoms with van der Waals surface area (Å²) in [5.74, 6) is -0.981. The van der Waals surface area contributed by atoms with Crippen molar-refractivity contribution in [1.29, 1.82) is 0 Å². The number of carbonyl (C=O) groups is 2. The van der Waals surface area contributed by atoms with Gasteiger partial charge in [-0.05, 0) is 24.3 Å². The zero-order valence-electron chi connectivity index (χ0n) is 12.5. The summed E-state index contributed by atoms with van der Waals surface area (Å²) < 4.78 is 0. The minimum absolute atomic E-state index is 0.204. The van der Waals surface area contributed by atoms with Gasteiger partial charge in [0, 0.05) is 5.75 Å². The molecule has 5 heteroatoms. The van der Waals surface area contributed by atoms with Gasteiger partial charge in [-0.1, -0.05) is 44.2 Å². The van der Waals surface area contributed by atoms with E-state index in [-0.39, 0.29) is 17.7 Å². The summed E-state index contributed by atoms with van der Waals surface area (Å²) >= 11 is 4.22. The summed E-state index contributed by atoms with van der Waals surface area (Å²) in [6.07, 6.45) is 0.982. The molecule has 0 saturated heterocycles. The van der Waals surface area contributed by atoms with Crippen LogP contribution in [0.5, 0.6) is 0 Å². The van der Waals surface area contributed by atoms with Crippen LogP contribution in [-0.4, -0.2) is 28.8 Å². The minimum atomic E-state index is -0.991. The number of carbonyl (C=O) groups excluding carboxylic acids is 1. The highest BCUT2D eigenvalue weighted by Gasteiger charge is 2.25. The lowest BCUT2D eigenvalue weighted by molar-refractivity contribution is -0.142. The molecule has 0 radical (unpaired) electrons. The van der Waals surface area contributed by atoms with Gasteiger partial charge in [0.15, 0.2) is 0 Å². The number of carboxylic acids is 1. The Hall–Kier alpha value is -1.49. The lowest BCUT2D eigenvalue weighted by atomic mass is 9.98. The number of aliphatic carboxylic acids is 1. The molecule has 1 rings (SSSR count). The molecule has 2 N–H and O–H groups in total. The Morgan fingerprint density at radius 2 is 1.86 bits per heavy atom. The van der Waals surface area contributed by atoms with Crippen molar-refractivity contribution >= 4 is 24.5 Å². The molecule has 0 aliphatic carbocycles. The molecule has 1 unspecified atom stereocenters. The van der Waals surface area contributed by atoms with E-state index in [4.69, 9.17) is 0 Å². The highest BCUT2D eigenvalue weighted by Crippen LogP contribution is 2.12. The van der Waals surface area contributed by atoms with Crippen molar-refractivity contribution in [2.24, 2.45) is 11.8 Å². The molecule has 0 spiro atoms. The Morgan fingerprint density at radius 1 is 1.24 bits per heavy atom. The van der Waals surface area contributed by atoms with E-state index in [1.54, 1.807) is 0 Å². The van der Waals surface area contributed by atoms with E-state index in [1.807, 2.05) is 44.2 Å². The zero-order chi connectivity index (χ0) is 15.8. The number of benzene rings is 1. The normalized spacial score (nSPS) is 13.7. The third kappa shape index (κ3) is 6.21. The smallest absolute Gasteiger partial charge is 0.326 e. The van der Waals surface area contributed by atoms with Crippen molar-refractivity contribution in [2.45, 2.75) is 32.7 Å². The molecule has 1 aromatic rings. The van der Waals surface area contributed by atoms with Crippen LogP contribution in [0.3, 0.4) is 0 Å². The van der Waals surface area contributed by atoms with Gasteiger partial charge in [0.1, 0.15) is 6.04 Å². The molecule has 0 aromatic heterocycles. The number of amides is 1. The topological polar surface area (TPSA) is 66.4 Å². The summed E-state index contributed by atoms with van der Waals surface area (Å²) in [4.78, 5) is 23.5. The minimum Gasteiger partial charge on any atom is -0.480 e. The lowest BCUT2D eigenvalue weighted by Gasteiger charge is -2.20. The Morgan fingerprint density at radius 3 is 2.33 bits per heavy atom. The van der Waals surface area contributed by atoms with Crippen LogP contribution >= 0.6 is 12.6 Å². The van der Waals surface area contributed by atoms with Crippen LogP contribution in [0.15, 0.2) is 30.3 Å². The van der Waals surface area contributed by atoms with Crippen LogP contribution in [0.2, 0.25) is 0 Å². The van der Waals surface area contributed by atoms with Gasteiger partial charge in [-0.2, -0.15) is 12.6 Å². The van der Waals surface area contributed by atoms with Gasteiger partial charge in [-0.3, -0.25) is 4.79 Å². The van der Waals surface area contributed by atoms with Gasteiger partial charge in [0.05, 0.1) is 5.92 Å². The van der Waals surface area contributed by atoms with E-state index in [9.17, 15) is 14.7 Å². The van der Waals surface area contributed by atoms with Gasteiger partial charge in [0.25, 0.3) is 0 Å². The monoisotopic (exact) mass is 309 g/mol. The number of thiol groups is 1. The van der Waals surface area contributed by atoms with Gasteiger partial charge in [0.2, 0.25) is 5.91 Å². The number of nitrogens with one attached hydrogen (secondary N) is 1. The van der Waals surface area contributed by atoms with E-state index in [2.05, 4.69) is 17.9 Å². The summed E-state index contributed by atoms with van der Waals surface area (Å²) in [5, 5.41) is 11.8. The highest BCUT2D eigenvalue weighted by atomic mass is 32.1. The van der Waals surface area contributed by atoms with Crippen molar-refractivity contribution in [1.82, 2.24) is 5.32 Å². The molecule has 116 valence electrons. The maximum atomic E-state index is 12.3. The second-order valence-electron chi connectivity index (χ2n) is 5.60. The molecule has 0 fully saturated rings. The predicted octanol–water partition coefficient (Wildman–Crippen LogP) is 2.39. The van der Waals surface area contributed by atoms with Crippen molar-refractivity contribution in [2.75, 3.05) is 5.75 Å². The molecule has 2 atom stereocenters. The Labute approximate surface area is 131 Å². The molecular formula is C16H23NO3S. The first kappa shape index (κ1) is 17.6. The molecule has 0 bridgehead atoms. The maximum absolute atomic E-state index is 12.3. The van der Waals surface area contributed by atoms with Crippen molar-refractivity contribution < 1.29 is 14.7 Å². The van der Waals surface area contributed by atoms with E-state index in [1.165, 1.54) is 0 Å². The molecule has 0 aliphatic rings. The van der Waals surface area contributed by atoms with E-state index < -0.39 is 12.0 Å². The number of carboxylic acid groups (broad SMARTS) is 1. The molecule has 1 aromatic carbocycles. The summed E-state index contributed by atoms with van der Waals surface area (Å²) in [6.45, 7) is 3.87. The van der Waals surface area contributed by atoms with Crippen molar-refractivity contribution in [3.8, 4) is 0 Å².